The Kier molecular flexibility index (Phi) is 3.58. The molecule has 4 heteroatoms. The van der Waals surface area contributed by atoms with Crippen molar-refractivity contribution in [1.82, 2.24) is 4.90 Å². The van der Waals surface area contributed by atoms with Gasteiger partial charge in [0, 0.05) is 29.5 Å². The molecule has 19 heavy (non-hydrogen) atoms. The van der Waals surface area contributed by atoms with Crippen molar-refractivity contribution in [3.05, 3.63) is 28.2 Å². The number of hydrogen-bond donors (Lipinski definition) is 1. The summed E-state index contributed by atoms with van der Waals surface area (Å²) in [5.74, 6) is 0.854. The number of aliphatic hydroxyl groups is 1. The van der Waals surface area contributed by atoms with Gasteiger partial charge in [-0.05, 0) is 37.6 Å². The fourth-order valence-corrected chi connectivity index (χ4v) is 3.57. The molecule has 1 aromatic rings. The van der Waals surface area contributed by atoms with E-state index in [1.807, 2.05) is 18.2 Å². The van der Waals surface area contributed by atoms with Crippen LogP contribution in [0.3, 0.4) is 0 Å². The number of piperidine rings is 1. The van der Waals surface area contributed by atoms with Crippen LogP contribution >= 0.6 is 15.9 Å². The average Bonchev–Trinajstić information content (AvgIpc) is 2.41. The van der Waals surface area contributed by atoms with Crippen LogP contribution in [0.15, 0.2) is 22.7 Å². The normalized spacial score (nSPS) is 25.9. The van der Waals surface area contributed by atoms with Crippen LogP contribution in [0.1, 0.15) is 37.9 Å². The van der Waals surface area contributed by atoms with Gasteiger partial charge in [-0.15, -0.1) is 0 Å². The first-order chi connectivity index (χ1) is 9.12. The van der Waals surface area contributed by atoms with E-state index in [0.717, 1.165) is 48.3 Å². The van der Waals surface area contributed by atoms with Gasteiger partial charge in [0.05, 0.1) is 6.10 Å². The molecule has 0 bridgehead atoms. The maximum Gasteiger partial charge on any atom is 0.126 e. The largest absolute Gasteiger partial charge is 0.487 e. The van der Waals surface area contributed by atoms with E-state index in [0.29, 0.717) is 6.42 Å². The molecule has 104 valence electrons. The highest BCUT2D eigenvalue weighted by molar-refractivity contribution is 9.10. The van der Waals surface area contributed by atoms with Crippen molar-refractivity contribution in [3.63, 3.8) is 0 Å². The molecule has 3 rings (SSSR count). The third kappa shape index (κ3) is 2.54. The number of nitrogens with zero attached hydrogens (tertiary/aromatic N) is 1. The summed E-state index contributed by atoms with van der Waals surface area (Å²) >= 11 is 3.45. The molecule has 3 nitrogen and oxygen atoms in total. The first-order valence-corrected chi connectivity index (χ1v) is 7.80. The molecule has 0 saturated carbocycles. The SMILES string of the molecule is CCN1CCC2(CC1)CC(O)c1cc(Br)ccc1O2. The highest BCUT2D eigenvalue weighted by Gasteiger charge is 2.42. The zero-order valence-electron chi connectivity index (χ0n) is 11.2. The predicted octanol–water partition coefficient (Wildman–Crippen LogP) is 3.12. The molecule has 1 saturated heterocycles. The van der Waals surface area contributed by atoms with Gasteiger partial charge < -0.3 is 14.7 Å². The van der Waals surface area contributed by atoms with Crippen molar-refractivity contribution in [2.45, 2.75) is 37.9 Å². The molecule has 1 aromatic carbocycles. The van der Waals surface area contributed by atoms with Gasteiger partial charge in [-0.25, -0.2) is 0 Å². The maximum atomic E-state index is 10.4. The Morgan fingerprint density at radius 2 is 2.16 bits per heavy atom. The minimum absolute atomic E-state index is 0.161. The van der Waals surface area contributed by atoms with Crippen LogP contribution in [-0.4, -0.2) is 35.2 Å². The van der Waals surface area contributed by atoms with Crippen molar-refractivity contribution >= 4 is 15.9 Å². The highest BCUT2D eigenvalue weighted by atomic mass is 79.9. The van der Waals surface area contributed by atoms with E-state index in [9.17, 15) is 5.11 Å². The molecule has 1 unspecified atom stereocenters. The first-order valence-electron chi connectivity index (χ1n) is 7.01. The second-order valence-corrected chi connectivity index (χ2v) is 6.54. The molecule has 0 amide bonds. The van der Waals surface area contributed by atoms with Gasteiger partial charge in [0.2, 0.25) is 0 Å². The van der Waals surface area contributed by atoms with E-state index in [2.05, 4.69) is 27.8 Å². The Balaban J connectivity index is 1.83. The smallest absolute Gasteiger partial charge is 0.126 e. The second-order valence-electron chi connectivity index (χ2n) is 5.62. The summed E-state index contributed by atoms with van der Waals surface area (Å²) in [4.78, 5) is 2.44. The van der Waals surface area contributed by atoms with Crippen LogP contribution in [0.5, 0.6) is 5.75 Å². The maximum absolute atomic E-state index is 10.4. The van der Waals surface area contributed by atoms with Crippen LogP contribution < -0.4 is 4.74 Å². The quantitative estimate of drug-likeness (QED) is 0.861. The van der Waals surface area contributed by atoms with E-state index in [-0.39, 0.29) is 5.60 Å². The van der Waals surface area contributed by atoms with E-state index in [1.165, 1.54) is 0 Å². The van der Waals surface area contributed by atoms with Crippen molar-refractivity contribution < 1.29 is 9.84 Å². The fourth-order valence-electron chi connectivity index (χ4n) is 3.19. The summed E-state index contributed by atoms with van der Waals surface area (Å²) in [5.41, 5.74) is 0.754. The van der Waals surface area contributed by atoms with Crippen LogP contribution in [0.4, 0.5) is 0 Å². The highest BCUT2D eigenvalue weighted by Crippen LogP contribution is 2.44. The molecule has 0 aliphatic carbocycles. The van der Waals surface area contributed by atoms with Gasteiger partial charge in [0.1, 0.15) is 11.4 Å². The van der Waals surface area contributed by atoms with Gasteiger partial charge in [-0.2, -0.15) is 0 Å². The van der Waals surface area contributed by atoms with Gasteiger partial charge in [0.15, 0.2) is 0 Å². The Bertz CT molecular complexity index is 469. The Hall–Kier alpha value is -0.580. The lowest BCUT2D eigenvalue weighted by molar-refractivity contribution is -0.0531. The van der Waals surface area contributed by atoms with E-state index in [4.69, 9.17) is 4.74 Å². The minimum Gasteiger partial charge on any atom is -0.487 e. The number of hydrogen-bond acceptors (Lipinski definition) is 3. The first kappa shape index (κ1) is 13.4. The van der Waals surface area contributed by atoms with Gasteiger partial charge in [0.25, 0.3) is 0 Å². The lowest BCUT2D eigenvalue weighted by Crippen LogP contribution is -2.50. The zero-order valence-corrected chi connectivity index (χ0v) is 12.8. The number of halogens is 1. The zero-order chi connectivity index (χ0) is 13.5. The third-order valence-corrected chi connectivity index (χ3v) is 4.93. The molecular weight excluding hydrogens is 306 g/mol. The predicted molar refractivity (Wildman–Crippen MR) is 78.4 cm³/mol. The van der Waals surface area contributed by atoms with Crippen LogP contribution in [-0.2, 0) is 0 Å². The summed E-state index contributed by atoms with van der Waals surface area (Å²) in [6.45, 7) is 5.42. The fraction of sp³-hybridized carbons (Fsp3) is 0.600. The third-order valence-electron chi connectivity index (χ3n) is 4.44. The Morgan fingerprint density at radius 3 is 2.84 bits per heavy atom. The number of ether oxygens (including phenoxy) is 1. The molecule has 1 fully saturated rings. The standard InChI is InChI=1S/C15H20BrNO2/c1-2-17-7-5-15(6-8-17)10-13(18)12-9-11(16)3-4-14(12)19-15/h3-4,9,13,18H,2,5-8,10H2,1H3. The van der Waals surface area contributed by atoms with E-state index in [1.54, 1.807) is 0 Å². The summed E-state index contributed by atoms with van der Waals surface area (Å²) in [6, 6.07) is 5.91. The number of aliphatic hydroxyl groups excluding tert-OH is 1. The molecular formula is C15H20BrNO2. The van der Waals surface area contributed by atoms with Crippen molar-refractivity contribution in [2.75, 3.05) is 19.6 Å². The molecule has 1 spiro atoms. The van der Waals surface area contributed by atoms with Crippen LogP contribution in [0.2, 0.25) is 0 Å². The van der Waals surface area contributed by atoms with Crippen molar-refractivity contribution in [1.29, 1.82) is 0 Å². The lowest BCUT2D eigenvalue weighted by Gasteiger charge is -2.45. The Labute approximate surface area is 122 Å². The summed E-state index contributed by atoms with van der Waals surface area (Å²) in [7, 11) is 0. The molecule has 2 heterocycles. The molecule has 0 aromatic heterocycles. The molecule has 1 N–H and O–H groups in total. The monoisotopic (exact) mass is 325 g/mol. The summed E-state index contributed by atoms with van der Waals surface area (Å²) in [5, 5.41) is 10.4. The molecule has 0 radical (unpaired) electrons. The molecule has 2 aliphatic heterocycles. The van der Waals surface area contributed by atoms with Crippen LogP contribution in [0, 0.1) is 0 Å². The second kappa shape index (κ2) is 5.08. The van der Waals surface area contributed by atoms with Crippen molar-refractivity contribution in [3.8, 4) is 5.75 Å². The minimum atomic E-state index is -0.408. The van der Waals surface area contributed by atoms with E-state index < -0.39 is 6.10 Å². The number of benzene rings is 1. The average molecular weight is 326 g/mol. The summed E-state index contributed by atoms with van der Waals surface area (Å²) in [6.07, 6.45) is 2.32. The number of rotatable bonds is 1. The molecule has 2 aliphatic rings. The van der Waals surface area contributed by atoms with Crippen molar-refractivity contribution in [2.24, 2.45) is 0 Å². The van der Waals surface area contributed by atoms with Gasteiger partial charge in [-0.3, -0.25) is 0 Å². The lowest BCUT2D eigenvalue weighted by atomic mass is 9.81. The topological polar surface area (TPSA) is 32.7 Å². The number of likely N-dealkylation sites (tertiary alicyclic amines) is 1. The molecule has 1 atom stereocenters. The summed E-state index contributed by atoms with van der Waals surface area (Å²) < 4.78 is 7.26. The van der Waals surface area contributed by atoms with Gasteiger partial charge >= 0.3 is 0 Å². The Morgan fingerprint density at radius 1 is 1.42 bits per heavy atom. The number of fused-ring (bicyclic) bond motifs is 1. The van der Waals surface area contributed by atoms with Crippen LogP contribution in [0.25, 0.3) is 0 Å². The van der Waals surface area contributed by atoms with Gasteiger partial charge in [-0.1, -0.05) is 22.9 Å². The van der Waals surface area contributed by atoms with E-state index >= 15 is 0 Å².